The highest BCUT2D eigenvalue weighted by Gasteiger charge is 2.08. The minimum atomic E-state index is -0.759. The lowest BCUT2D eigenvalue weighted by molar-refractivity contribution is -0.140. The lowest BCUT2D eigenvalue weighted by Crippen LogP contribution is -2.25. The zero-order valence-corrected chi connectivity index (χ0v) is 9.46. The zero-order chi connectivity index (χ0) is 10.4. The molecule has 0 aliphatic heterocycles. The highest BCUT2D eigenvalue weighted by atomic mass is 35.5. The Morgan fingerprint density at radius 2 is 2.00 bits per heavy atom. The Bertz CT molecular complexity index is 290. The molecule has 1 rings (SSSR count). The maximum atomic E-state index is 10.5. The lowest BCUT2D eigenvalue weighted by atomic mass is 10.2. The molecule has 0 saturated carbocycles. The Balaban J connectivity index is 0.00000196. The molecule has 1 aromatic rings. The van der Waals surface area contributed by atoms with Crippen LogP contribution in [0.2, 0.25) is 0 Å². The number of carbonyl (C=O) groups is 1. The van der Waals surface area contributed by atoms with E-state index in [1.165, 1.54) is 5.56 Å². The molecule has 15 heavy (non-hydrogen) atoms. The Morgan fingerprint density at radius 1 is 1.40 bits per heavy atom. The number of hydrogen-bond acceptors (Lipinski definition) is 2. The maximum absolute atomic E-state index is 10.5. The van der Waals surface area contributed by atoms with Crippen LogP contribution < -0.4 is 5.32 Å². The third-order valence-corrected chi connectivity index (χ3v) is 2.04. The number of hydrogen-bond donors (Lipinski definition) is 2. The van der Waals surface area contributed by atoms with Gasteiger partial charge >= 0.3 is 5.97 Å². The van der Waals surface area contributed by atoms with Gasteiger partial charge in [0.2, 0.25) is 0 Å². The highest BCUT2D eigenvalue weighted by molar-refractivity contribution is 5.85. The third-order valence-electron chi connectivity index (χ3n) is 2.04. The van der Waals surface area contributed by atoms with Crippen LogP contribution in [0.1, 0.15) is 12.5 Å². The Hall–Kier alpha value is -1.06. The number of halogens is 1. The average Bonchev–Trinajstić information content (AvgIpc) is 2.19. The van der Waals surface area contributed by atoms with E-state index in [2.05, 4.69) is 5.32 Å². The third kappa shape index (κ3) is 5.40. The summed E-state index contributed by atoms with van der Waals surface area (Å²) in [7, 11) is 0. The van der Waals surface area contributed by atoms with E-state index in [1.807, 2.05) is 30.3 Å². The van der Waals surface area contributed by atoms with Crippen molar-refractivity contribution < 1.29 is 9.90 Å². The number of aliphatic carboxylic acids is 1. The van der Waals surface area contributed by atoms with Gasteiger partial charge in [-0.2, -0.15) is 0 Å². The van der Waals surface area contributed by atoms with Crippen LogP contribution >= 0.6 is 12.4 Å². The normalized spacial score (nSPS) is 11.5. The molecule has 0 saturated heterocycles. The second-order valence-corrected chi connectivity index (χ2v) is 3.36. The molecule has 0 aromatic heterocycles. The minimum Gasteiger partial charge on any atom is -0.481 e. The molecule has 3 nitrogen and oxygen atoms in total. The van der Waals surface area contributed by atoms with E-state index in [-0.39, 0.29) is 18.3 Å². The van der Waals surface area contributed by atoms with Gasteiger partial charge in [0, 0.05) is 13.1 Å². The van der Waals surface area contributed by atoms with Crippen molar-refractivity contribution in [3.63, 3.8) is 0 Å². The van der Waals surface area contributed by atoms with Crippen molar-refractivity contribution >= 4 is 18.4 Å². The quantitative estimate of drug-likeness (QED) is 0.811. The fourth-order valence-corrected chi connectivity index (χ4v) is 1.12. The molecule has 1 aromatic carbocycles. The van der Waals surface area contributed by atoms with Gasteiger partial charge in [0.25, 0.3) is 0 Å². The van der Waals surface area contributed by atoms with Crippen LogP contribution in [0.3, 0.4) is 0 Å². The zero-order valence-electron chi connectivity index (χ0n) is 8.64. The van der Waals surface area contributed by atoms with Crippen LogP contribution in [0.25, 0.3) is 0 Å². The second-order valence-electron chi connectivity index (χ2n) is 3.36. The molecule has 1 atom stereocenters. The van der Waals surface area contributed by atoms with Gasteiger partial charge in [0.05, 0.1) is 5.92 Å². The molecule has 0 aliphatic carbocycles. The molecule has 0 amide bonds. The molecule has 0 heterocycles. The first-order valence-electron chi connectivity index (χ1n) is 4.67. The van der Waals surface area contributed by atoms with Crippen LogP contribution in [0.4, 0.5) is 0 Å². The first-order chi connectivity index (χ1) is 6.70. The fraction of sp³-hybridized carbons (Fsp3) is 0.364. The van der Waals surface area contributed by atoms with E-state index in [9.17, 15) is 4.79 Å². The van der Waals surface area contributed by atoms with E-state index in [4.69, 9.17) is 5.11 Å². The van der Waals surface area contributed by atoms with Gasteiger partial charge in [0.15, 0.2) is 0 Å². The smallest absolute Gasteiger partial charge is 0.307 e. The molecule has 0 aliphatic rings. The van der Waals surface area contributed by atoms with Crippen LogP contribution in [0.15, 0.2) is 30.3 Å². The molecule has 0 fully saturated rings. The second kappa shape index (κ2) is 7.26. The summed E-state index contributed by atoms with van der Waals surface area (Å²) in [5.41, 5.74) is 1.17. The first kappa shape index (κ1) is 13.9. The van der Waals surface area contributed by atoms with Crippen LogP contribution in [-0.4, -0.2) is 17.6 Å². The summed E-state index contributed by atoms with van der Waals surface area (Å²) in [6, 6.07) is 9.93. The van der Waals surface area contributed by atoms with Crippen molar-refractivity contribution in [1.82, 2.24) is 5.32 Å². The van der Waals surface area contributed by atoms with E-state index in [0.717, 1.165) is 6.54 Å². The minimum absolute atomic E-state index is 0. The maximum Gasteiger partial charge on any atom is 0.307 e. The van der Waals surface area contributed by atoms with Gasteiger partial charge in [-0.3, -0.25) is 4.79 Å². The largest absolute Gasteiger partial charge is 0.481 e. The molecular formula is C11H16ClNO2. The number of benzene rings is 1. The van der Waals surface area contributed by atoms with Gasteiger partial charge < -0.3 is 10.4 Å². The summed E-state index contributed by atoms with van der Waals surface area (Å²) in [4.78, 5) is 10.5. The SMILES string of the molecule is CC(CNCc1ccccc1)C(=O)O.Cl. The summed E-state index contributed by atoms with van der Waals surface area (Å²) >= 11 is 0. The monoisotopic (exact) mass is 229 g/mol. The van der Waals surface area contributed by atoms with E-state index >= 15 is 0 Å². The first-order valence-corrected chi connectivity index (χ1v) is 4.67. The van der Waals surface area contributed by atoms with Crippen LogP contribution in [0.5, 0.6) is 0 Å². The summed E-state index contributed by atoms with van der Waals surface area (Å²) in [6.45, 7) is 2.92. The van der Waals surface area contributed by atoms with Crippen molar-refractivity contribution in [3.05, 3.63) is 35.9 Å². The predicted octanol–water partition coefficient (Wildman–Crippen LogP) is 1.92. The molecule has 0 spiro atoms. The van der Waals surface area contributed by atoms with Gasteiger partial charge in [-0.15, -0.1) is 12.4 Å². The van der Waals surface area contributed by atoms with Crippen LogP contribution in [0, 0.1) is 5.92 Å². The Morgan fingerprint density at radius 3 is 2.53 bits per heavy atom. The van der Waals surface area contributed by atoms with Gasteiger partial charge in [-0.1, -0.05) is 37.3 Å². The van der Waals surface area contributed by atoms with E-state index < -0.39 is 5.97 Å². The standard InChI is InChI=1S/C11H15NO2.ClH/c1-9(11(13)14)7-12-8-10-5-3-2-4-6-10;/h2-6,9,12H,7-8H2,1H3,(H,13,14);1H. The van der Waals surface area contributed by atoms with Crippen LogP contribution in [-0.2, 0) is 11.3 Å². The summed E-state index contributed by atoms with van der Waals surface area (Å²) in [5, 5.41) is 11.7. The molecule has 4 heteroatoms. The molecule has 1 unspecified atom stereocenters. The highest BCUT2D eigenvalue weighted by Crippen LogP contribution is 1.98. The summed E-state index contributed by atoms with van der Waals surface area (Å²) < 4.78 is 0. The number of nitrogens with one attached hydrogen (secondary N) is 1. The van der Waals surface area contributed by atoms with Gasteiger partial charge in [-0.25, -0.2) is 0 Å². The van der Waals surface area contributed by atoms with Crippen molar-refractivity contribution in [2.75, 3.05) is 6.54 Å². The lowest BCUT2D eigenvalue weighted by Gasteiger charge is -2.07. The van der Waals surface area contributed by atoms with E-state index in [1.54, 1.807) is 6.92 Å². The average molecular weight is 230 g/mol. The van der Waals surface area contributed by atoms with Crippen molar-refractivity contribution in [3.8, 4) is 0 Å². The van der Waals surface area contributed by atoms with Crippen molar-refractivity contribution in [2.24, 2.45) is 5.92 Å². The van der Waals surface area contributed by atoms with Gasteiger partial charge in [0.1, 0.15) is 0 Å². The molecule has 0 bridgehead atoms. The van der Waals surface area contributed by atoms with Crippen molar-refractivity contribution in [2.45, 2.75) is 13.5 Å². The van der Waals surface area contributed by atoms with E-state index in [0.29, 0.717) is 6.54 Å². The number of carboxylic acids is 1. The van der Waals surface area contributed by atoms with Crippen molar-refractivity contribution in [1.29, 1.82) is 0 Å². The number of carboxylic acid groups (broad SMARTS) is 1. The molecule has 2 N–H and O–H groups in total. The Kier molecular flexibility index (Phi) is 6.75. The number of rotatable bonds is 5. The summed E-state index contributed by atoms with van der Waals surface area (Å²) in [5.74, 6) is -1.09. The molecule has 0 radical (unpaired) electrons. The molecular weight excluding hydrogens is 214 g/mol. The Labute approximate surface area is 95.9 Å². The van der Waals surface area contributed by atoms with Gasteiger partial charge in [-0.05, 0) is 5.56 Å². The fourth-order valence-electron chi connectivity index (χ4n) is 1.12. The molecule has 84 valence electrons. The predicted molar refractivity (Wildman–Crippen MR) is 62.2 cm³/mol. The summed E-state index contributed by atoms with van der Waals surface area (Å²) in [6.07, 6.45) is 0. The topological polar surface area (TPSA) is 49.3 Å².